The van der Waals surface area contributed by atoms with Gasteiger partial charge in [0.1, 0.15) is 11.6 Å². The Kier molecular flexibility index (Phi) is 6.11. The van der Waals surface area contributed by atoms with Crippen LogP contribution in [-0.4, -0.2) is 19.1 Å². The van der Waals surface area contributed by atoms with E-state index in [1.807, 2.05) is 94.2 Å². The minimum atomic E-state index is 0. The summed E-state index contributed by atoms with van der Waals surface area (Å²) in [6, 6.07) is 34.1. The third-order valence-electron chi connectivity index (χ3n) is 5.42. The van der Waals surface area contributed by atoms with Crippen molar-refractivity contribution in [2.24, 2.45) is 0 Å². The first-order valence-corrected chi connectivity index (χ1v) is 10.7. The van der Waals surface area contributed by atoms with Crippen LogP contribution in [0.25, 0.3) is 22.4 Å². The second kappa shape index (κ2) is 9.50. The molecule has 0 bridgehead atoms. The maximum absolute atomic E-state index is 4.99. The van der Waals surface area contributed by atoms with Crippen LogP contribution in [-0.2, 0) is 21.1 Å². The van der Waals surface area contributed by atoms with Crippen LogP contribution in [0, 0.1) is 12.4 Å². The van der Waals surface area contributed by atoms with Crippen LogP contribution in [0.1, 0.15) is 0 Å². The van der Waals surface area contributed by atoms with Crippen LogP contribution < -0.4 is 4.90 Å². The summed E-state index contributed by atoms with van der Waals surface area (Å²) in [6.45, 7) is 0. The molecule has 0 spiro atoms. The van der Waals surface area contributed by atoms with Crippen molar-refractivity contribution >= 4 is 28.1 Å². The Balaban J connectivity index is 0.00000241. The van der Waals surface area contributed by atoms with Crippen LogP contribution >= 0.6 is 0 Å². The van der Waals surface area contributed by atoms with E-state index >= 15 is 0 Å². The molecule has 166 valence electrons. The molecule has 34 heavy (non-hydrogen) atoms. The van der Waals surface area contributed by atoms with Crippen LogP contribution in [0.3, 0.4) is 0 Å². The van der Waals surface area contributed by atoms with E-state index in [2.05, 4.69) is 47.8 Å². The third-order valence-corrected chi connectivity index (χ3v) is 5.42. The first-order chi connectivity index (χ1) is 16.3. The van der Waals surface area contributed by atoms with E-state index in [9.17, 15) is 0 Å². The summed E-state index contributed by atoms with van der Waals surface area (Å²) in [5.74, 6) is 3.12. The third kappa shape index (κ3) is 4.18. The van der Waals surface area contributed by atoms with Crippen molar-refractivity contribution in [3.63, 3.8) is 0 Å². The average molecular weight is 621 g/mol. The van der Waals surface area contributed by atoms with E-state index in [1.54, 1.807) is 0 Å². The summed E-state index contributed by atoms with van der Waals surface area (Å²) in [7, 11) is 0. The zero-order valence-corrected chi connectivity index (χ0v) is 20.3. The minimum absolute atomic E-state index is 0. The number of pyridine rings is 2. The summed E-state index contributed by atoms with van der Waals surface area (Å²) in [5, 5.41) is 2.18. The molecule has 0 unspecified atom stereocenters. The van der Waals surface area contributed by atoms with Crippen molar-refractivity contribution in [1.29, 1.82) is 0 Å². The largest absolute Gasteiger partial charge is 2.00 e. The number of para-hydroxylation sites is 1. The van der Waals surface area contributed by atoms with Crippen molar-refractivity contribution in [2.45, 2.75) is 0 Å². The molecule has 6 aromatic rings. The average Bonchev–Trinajstić information content (AvgIpc) is 3.56. The van der Waals surface area contributed by atoms with E-state index in [0.717, 1.165) is 39.7 Å². The Hall–Kier alpha value is -3.95. The molecule has 0 saturated heterocycles. The minimum Gasteiger partial charge on any atom is -0.436 e. The molecule has 4 heterocycles. The summed E-state index contributed by atoms with van der Waals surface area (Å²) in [5.41, 5.74) is 0.977. The number of nitrogens with zero attached hydrogens (tertiary/aromatic N) is 5. The normalized spacial score (nSPS) is 10.7. The van der Waals surface area contributed by atoms with Crippen LogP contribution in [0.4, 0.5) is 17.3 Å². The predicted molar refractivity (Wildman–Crippen MR) is 131 cm³/mol. The van der Waals surface area contributed by atoms with E-state index in [1.165, 1.54) is 0 Å². The molecule has 0 saturated carbocycles. The number of hydrogen-bond donors (Lipinski definition) is 0. The summed E-state index contributed by atoms with van der Waals surface area (Å²) in [4.78, 5) is 12.0. The molecule has 0 aliphatic rings. The maximum Gasteiger partial charge on any atom is 2.00 e. The summed E-state index contributed by atoms with van der Waals surface area (Å²) < 4.78 is 3.81. The molecule has 0 atom stereocenters. The molecule has 6 rings (SSSR count). The number of aromatic nitrogens is 4. The van der Waals surface area contributed by atoms with Gasteiger partial charge in [-0.2, -0.15) is 6.07 Å². The van der Waals surface area contributed by atoms with Gasteiger partial charge in [0.05, 0.1) is 11.6 Å². The van der Waals surface area contributed by atoms with E-state index in [-0.39, 0.29) is 21.1 Å². The molecule has 2 aromatic carbocycles. The monoisotopic (exact) mass is 620 g/mol. The van der Waals surface area contributed by atoms with Gasteiger partial charge in [-0.05, 0) is 30.5 Å². The van der Waals surface area contributed by atoms with Crippen molar-refractivity contribution in [3.05, 3.63) is 128 Å². The molecule has 0 fully saturated rings. The topological polar surface area (TPSA) is 38.9 Å². The molecule has 6 heteroatoms. The Morgan fingerprint density at radius 1 is 0.647 bits per heavy atom. The van der Waals surface area contributed by atoms with Gasteiger partial charge in [-0.25, -0.2) is 0 Å². The second-order valence-corrected chi connectivity index (χ2v) is 7.58. The van der Waals surface area contributed by atoms with Gasteiger partial charge < -0.3 is 9.13 Å². The number of fused-ring (bicyclic) bond motifs is 1. The SMILES string of the molecule is [Pt+2].[c-]1cccn1-c1cccc(N(c2ccccc2)c2cccc(-n3[c-]c4ccccc4c3)n2)n1. The number of hydrogen-bond acceptors (Lipinski definition) is 3. The van der Waals surface area contributed by atoms with Crippen LogP contribution in [0.15, 0.2) is 116 Å². The Morgan fingerprint density at radius 2 is 1.32 bits per heavy atom. The van der Waals surface area contributed by atoms with E-state index in [4.69, 9.17) is 9.97 Å². The Labute approximate surface area is 212 Å². The fraction of sp³-hybridized carbons (Fsp3) is 0. The van der Waals surface area contributed by atoms with Crippen molar-refractivity contribution < 1.29 is 21.1 Å². The van der Waals surface area contributed by atoms with Crippen LogP contribution in [0.2, 0.25) is 0 Å². The number of anilines is 3. The van der Waals surface area contributed by atoms with Gasteiger partial charge in [-0.3, -0.25) is 14.9 Å². The van der Waals surface area contributed by atoms with Gasteiger partial charge >= 0.3 is 21.1 Å². The molecule has 0 amide bonds. The first-order valence-electron chi connectivity index (χ1n) is 10.7. The van der Waals surface area contributed by atoms with E-state index < -0.39 is 0 Å². The first kappa shape index (κ1) is 21.9. The molecular formula is C28H19N5Pt. The Bertz CT molecular complexity index is 1490. The maximum atomic E-state index is 4.99. The van der Waals surface area contributed by atoms with Crippen molar-refractivity contribution in [2.75, 3.05) is 4.90 Å². The fourth-order valence-electron chi connectivity index (χ4n) is 3.87. The van der Waals surface area contributed by atoms with Crippen molar-refractivity contribution in [1.82, 2.24) is 19.1 Å². The van der Waals surface area contributed by atoms with Gasteiger partial charge in [0, 0.05) is 5.69 Å². The number of benzene rings is 2. The van der Waals surface area contributed by atoms with Gasteiger partial charge in [0.25, 0.3) is 0 Å². The van der Waals surface area contributed by atoms with Crippen molar-refractivity contribution in [3.8, 4) is 11.6 Å². The summed E-state index contributed by atoms with van der Waals surface area (Å²) >= 11 is 0. The molecule has 4 aromatic heterocycles. The predicted octanol–water partition coefficient (Wildman–Crippen LogP) is 6.28. The standard InChI is InChI=1S/C28H19N5.Pt/c1-2-12-24(13-3-1)33(27-16-8-14-25(29-27)31-18-6-7-19-31)28-17-9-15-26(30-28)32-20-22-10-4-5-11-23(22)21-32;/h1-18,20H;/q-2;+2. The zero-order chi connectivity index (χ0) is 22.0. The molecular weight excluding hydrogens is 601 g/mol. The van der Waals surface area contributed by atoms with Gasteiger partial charge in [0.2, 0.25) is 0 Å². The molecule has 0 aliphatic heterocycles. The van der Waals surface area contributed by atoms with Gasteiger partial charge in [-0.15, -0.1) is 23.7 Å². The Morgan fingerprint density at radius 3 is 2.00 bits per heavy atom. The molecule has 0 aliphatic carbocycles. The van der Waals surface area contributed by atoms with E-state index in [0.29, 0.717) is 0 Å². The number of rotatable bonds is 5. The molecule has 0 N–H and O–H groups in total. The smallest absolute Gasteiger partial charge is 0.436 e. The zero-order valence-electron chi connectivity index (χ0n) is 18.0. The quantitative estimate of drug-likeness (QED) is 0.213. The van der Waals surface area contributed by atoms with Crippen LogP contribution in [0.5, 0.6) is 0 Å². The van der Waals surface area contributed by atoms with Gasteiger partial charge in [0.15, 0.2) is 0 Å². The summed E-state index contributed by atoms with van der Waals surface area (Å²) in [6.07, 6.45) is 10.5. The molecule has 5 nitrogen and oxygen atoms in total. The fourth-order valence-corrected chi connectivity index (χ4v) is 3.87. The molecule has 0 radical (unpaired) electrons. The second-order valence-electron chi connectivity index (χ2n) is 7.58. The van der Waals surface area contributed by atoms with Gasteiger partial charge in [-0.1, -0.05) is 78.4 Å².